The molecule has 24 heavy (non-hydrogen) atoms. The van der Waals surface area contributed by atoms with Crippen LogP contribution in [0, 0.1) is 0 Å². The standard InChI is InChI=1S/C16H17F3N4O/c1-22-15(23-8-10-24-11-9-23)20-14(21-22)7-4-12-2-5-13(6-3-12)16(17,18)19/h2-7H,8-11H2,1H3/b7-4+. The van der Waals surface area contributed by atoms with Gasteiger partial charge in [0.1, 0.15) is 0 Å². The normalized spacial score (nSPS) is 16.1. The number of hydrogen-bond donors (Lipinski definition) is 0. The number of hydrogen-bond acceptors (Lipinski definition) is 4. The summed E-state index contributed by atoms with van der Waals surface area (Å²) in [7, 11) is 1.81. The largest absolute Gasteiger partial charge is 0.416 e. The number of ether oxygens (including phenoxy) is 1. The highest BCUT2D eigenvalue weighted by molar-refractivity contribution is 5.67. The van der Waals surface area contributed by atoms with E-state index in [9.17, 15) is 13.2 Å². The van der Waals surface area contributed by atoms with Crippen molar-refractivity contribution in [1.82, 2.24) is 14.8 Å². The van der Waals surface area contributed by atoms with Crippen molar-refractivity contribution >= 4 is 18.1 Å². The molecular formula is C16H17F3N4O. The van der Waals surface area contributed by atoms with Crippen LogP contribution in [-0.4, -0.2) is 41.1 Å². The summed E-state index contributed by atoms with van der Waals surface area (Å²) in [5.41, 5.74) is -0.00593. The molecule has 0 saturated carbocycles. The fourth-order valence-electron chi connectivity index (χ4n) is 2.46. The van der Waals surface area contributed by atoms with Crippen molar-refractivity contribution in [3.8, 4) is 0 Å². The Morgan fingerprint density at radius 2 is 1.75 bits per heavy atom. The second kappa shape index (κ2) is 6.64. The molecule has 3 rings (SSSR count). The van der Waals surface area contributed by atoms with Gasteiger partial charge in [0.05, 0.1) is 18.8 Å². The van der Waals surface area contributed by atoms with Gasteiger partial charge in [-0.15, -0.1) is 0 Å². The highest BCUT2D eigenvalue weighted by Crippen LogP contribution is 2.29. The fourth-order valence-corrected chi connectivity index (χ4v) is 2.46. The van der Waals surface area contributed by atoms with Crippen LogP contribution in [0.5, 0.6) is 0 Å². The molecule has 5 nitrogen and oxygen atoms in total. The summed E-state index contributed by atoms with van der Waals surface area (Å²) in [5.74, 6) is 1.27. The number of halogens is 3. The SMILES string of the molecule is Cn1nc(/C=C/c2ccc(C(F)(F)F)cc2)nc1N1CCOCC1. The Bertz CT molecular complexity index is 716. The number of alkyl halides is 3. The number of morpholine rings is 1. The summed E-state index contributed by atoms with van der Waals surface area (Å²) in [6.45, 7) is 2.83. The first-order valence-corrected chi connectivity index (χ1v) is 7.52. The zero-order chi connectivity index (χ0) is 17.2. The van der Waals surface area contributed by atoms with Gasteiger partial charge in [0.15, 0.2) is 5.82 Å². The first kappa shape index (κ1) is 16.5. The number of aryl methyl sites for hydroxylation is 1. The topological polar surface area (TPSA) is 43.2 Å². The van der Waals surface area contributed by atoms with E-state index in [4.69, 9.17) is 4.74 Å². The molecule has 8 heteroatoms. The fraction of sp³-hybridized carbons (Fsp3) is 0.375. The van der Waals surface area contributed by atoms with Gasteiger partial charge in [-0.3, -0.25) is 0 Å². The van der Waals surface area contributed by atoms with Crippen molar-refractivity contribution in [3.05, 3.63) is 41.2 Å². The Morgan fingerprint density at radius 1 is 1.08 bits per heavy atom. The molecule has 2 aromatic rings. The number of anilines is 1. The molecule has 2 heterocycles. The third-order valence-corrected chi connectivity index (χ3v) is 3.71. The number of benzene rings is 1. The van der Waals surface area contributed by atoms with Gasteiger partial charge in [0, 0.05) is 20.1 Å². The average molecular weight is 338 g/mol. The number of aromatic nitrogens is 3. The zero-order valence-electron chi connectivity index (χ0n) is 13.1. The van der Waals surface area contributed by atoms with Crippen molar-refractivity contribution in [3.63, 3.8) is 0 Å². The van der Waals surface area contributed by atoms with Gasteiger partial charge in [0.2, 0.25) is 5.95 Å². The summed E-state index contributed by atoms with van der Waals surface area (Å²) < 4.78 is 44.6. The predicted octanol–water partition coefficient (Wildman–Crippen LogP) is 2.84. The van der Waals surface area contributed by atoms with Gasteiger partial charge in [-0.1, -0.05) is 18.2 Å². The smallest absolute Gasteiger partial charge is 0.378 e. The highest BCUT2D eigenvalue weighted by atomic mass is 19.4. The molecule has 0 N–H and O–H groups in total. The number of nitrogens with zero attached hydrogens (tertiary/aromatic N) is 4. The Balaban J connectivity index is 1.72. The van der Waals surface area contributed by atoms with E-state index < -0.39 is 11.7 Å². The molecular weight excluding hydrogens is 321 g/mol. The van der Waals surface area contributed by atoms with Crippen LogP contribution in [-0.2, 0) is 18.0 Å². The van der Waals surface area contributed by atoms with Crippen LogP contribution < -0.4 is 4.90 Å². The van der Waals surface area contributed by atoms with Gasteiger partial charge in [-0.25, -0.2) is 4.68 Å². The van der Waals surface area contributed by atoms with Crippen molar-refractivity contribution in [2.24, 2.45) is 7.05 Å². The summed E-state index contributed by atoms with van der Waals surface area (Å²) in [4.78, 5) is 6.55. The molecule has 1 aromatic carbocycles. The van der Waals surface area contributed by atoms with Crippen molar-refractivity contribution in [2.75, 3.05) is 31.2 Å². The van der Waals surface area contributed by atoms with E-state index in [2.05, 4.69) is 15.0 Å². The monoisotopic (exact) mass is 338 g/mol. The maximum Gasteiger partial charge on any atom is 0.416 e. The van der Waals surface area contributed by atoms with E-state index in [1.165, 1.54) is 12.1 Å². The van der Waals surface area contributed by atoms with Crippen LogP contribution in [0.3, 0.4) is 0 Å². The minimum Gasteiger partial charge on any atom is -0.378 e. The molecule has 0 bridgehead atoms. The minimum atomic E-state index is -4.32. The molecule has 0 atom stereocenters. The van der Waals surface area contributed by atoms with Crippen LogP contribution >= 0.6 is 0 Å². The lowest BCUT2D eigenvalue weighted by Gasteiger charge is -2.26. The van der Waals surface area contributed by atoms with Gasteiger partial charge in [-0.2, -0.15) is 23.3 Å². The first-order valence-electron chi connectivity index (χ1n) is 7.52. The molecule has 1 aliphatic rings. The third kappa shape index (κ3) is 3.76. The van der Waals surface area contributed by atoms with Crippen LogP contribution in [0.1, 0.15) is 17.0 Å². The Hall–Kier alpha value is -2.35. The molecule has 1 aromatic heterocycles. The maximum atomic E-state index is 12.5. The van der Waals surface area contributed by atoms with Crippen LogP contribution in [0.4, 0.5) is 19.1 Å². The van der Waals surface area contributed by atoms with Crippen molar-refractivity contribution in [1.29, 1.82) is 0 Å². The molecule has 0 spiro atoms. The lowest BCUT2D eigenvalue weighted by Crippen LogP contribution is -2.37. The third-order valence-electron chi connectivity index (χ3n) is 3.71. The average Bonchev–Trinajstić information content (AvgIpc) is 2.94. The summed E-state index contributed by atoms with van der Waals surface area (Å²) in [6, 6.07) is 4.96. The van der Waals surface area contributed by atoms with E-state index in [-0.39, 0.29) is 0 Å². The Kier molecular flexibility index (Phi) is 4.57. The van der Waals surface area contributed by atoms with Crippen LogP contribution in [0.2, 0.25) is 0 Å². The summed E-state index contributed by atoms with van der Waals surface area (Å²) in [5, 5.41) is 4.31. The van der Waals surface area contributed by atoms with E-state index in [1.807, 2.05) is 7.05 Å². The van der Waals surface area contributed by atoms with E-state index in [0.29, 0.717) is 24.6 Å². The molecule has 128 valence electrons. The van der Waals surface area contributed by atoms with Gasteiger partial charge in [-0.05, 0) is 23.8 Å². The van der Waals surface area contributed by atoms with Crippen molar-refractivity contribution < 1.29 is 17.9 Å². The summed E-state index contributed by atoms with van der Waals surface area (Å²) >= 11 is 0. The Labute approximate surface area is 137 Å². The lowest BCUT2D eigenvalue weighted by atomic mass is 10.1. The maximum absolute atomic E-state index is 12.5. The molecule has 0 radical (unpaired) electrons. The van der Waals surface area contributed by atoms with Crippen LogP contribution in [0.15, 0.2) is 24.3 Å². The minimum absolute atomic E-state index is 0.513. The molecule has 1 fully saturated rings. The van der Waals surface area contributed by atoms with E-state index in [0.717, 1.165) is 31.2 Å². The first-order chi connectivity index (χ1) is 11.4. The molecule has 0 unspecified atom stereocenters. The van der Waals surface area contributed by atoms with E-state index in [1.54, 1.807) is 16.8 Å². The second-order valence-corrected chi connectivity index (χ2v) is 5.45. The van der Waals surface area contributed by atoms with Gasteiger partial charge < -0.3 is 9.64 Å². The van der Waals surface area contributed by atoms with Crippen molar-refractivity contribution in [2.45, 2.75) is 6.18 Å². The molecule has 0 amide bonds. The summed E-state index contributed by atoms with van der Waals surface area (Å²) in [6.07, 6.45) is -0.942. The molecule has 1 saturated heterocycles. The predicted molar refractivity (Wildman–Crippen MR) is 84.4 cm³/mol. The lowest BCUT2D eigenvalue weighted by molar-refractivity contribution is -0.137. The highest BCUT2D eigenvalue weighted by Gasteiger charge is 2.29. The second-order valence-electron chi connectivity index (χ2n) is 5.45. The van der Waals surface area contributed by atoms with E-state index >= 15 is 0 Å². The Morgan fingerprint density at radius 3 is 2.38 bits per heavy atom. The molecule has 1 aliphatic heterocycles. The molecule has 0 aliphatic carbocycles. The quantitative estimate of drug-likeness (QED) is 0.863. The number of rotatable bonds is 3. The van der Waals surface area contributed by atoms with Crippen LogP contribution in [0.25, 0.3) is 12.2 Å². The zero-order valence-corrected chi connectivity index (χ0v) is 13.1. The van der Waals surface area contributed by atoms with Gasteiger partial charge >= 0.3 is 6.18 Å². The van der Waals surface area contributed by atoms with Gasteiger partial charge in [0.25, 0.3) is 0 Å².